The second-order valence-electron chi connectivity index (χ2n) is 9.69. The Hall–Kier alpha value is -5.12. The van der Waals surface area contributed by atoms with Crippen molar-refractivity contribution in [1.82, 2.24) is 14.5 Å². The summed E-state index contributed by atoms with van der Waals surface area (Å²) in [5.74, 6) is -0.346. The molecule has 1 saturated heterocycles. The van der Waals surface area contributed by atoms with Crippen molar-refractivity contribution < 1.29 is 18.7 Å². The van der Waals surface area contributed by atoms with Gasteiger partial charge in [0.25, 0.3) is 5.91 Å². The number of aromatic amines is 1. The number of nitrogens with one attached hydrogen (secondary N) is 2. The van der Waals surface area contributed by atoms with Crippen molar-refractivity contribution in [3.8, 4) is 11.5 Å². The molecular formula is C30H26N4O6. The van der Waals surface area contributed by atoms with E-state index in [0.717, 1.165) is 19.3 Å². The Balaban J connectivity index is 1.25. The fourth-order valence-electron chi connectivity index (χ4n) is 4.92. The van der Waals surface area contributed by atoms with Crippen molar-refractivity contribution in [2.45, 2.75) is 25.8 Å². The first-order chi connectivity index (χ1) is 19.5. The number of piperidine rings is 1. The second kappa shape index (κ2) is 10.6. The zero-order chi connectivity index (χ0) is 27.6. The molecule has 1 aliphatic heterocycles. The van der Waals surface area contributed by atoms with Gasteiger partial charge in [0.2, 0.25) is 11.3 Å². The van der Waals surface area contributed by atoms with Crippen LogP contribution in [0.1, 0.15) is 29.6 Å². The number of oxazole rings is 1. The molecule has 40 heavy (non-hydrogen) atoms. The number of para-hydroxylation sites is 1. The largest absolute Gasteiger partial charge is 0.457 e. The van der Waals surface area contributed by atoms with Gasteiger partial charge < -0.3 is 24.4 Å². The number of carbonyl (C=O) groups excluding carboxylic acids is 2. The summed E-state index contributed by atoms with van der Waals surface area (Å²) in [7, 11) is 0. The number of ether oxygens (including phenoxy) is 1. The smallest absolute Gasteiger partial charge is 0.420 e. The molecule has 2 amide bonds. The quantitative estimate of drug-likeness (QED) is 0.328. The molecule has 0 atom stereocenters. The van der Waals surface area contributed by atoms with E-state index in [9.17, 15) is 19.2 Å². The van der Waals surface area contributed by atoms with Crippen molar-refractivity contribution in [2.75, 3.05) is 18.4 Å². The Kier molecular flexibility index (Phi) is 6.65. The number of rotatable bonds is 6. The molecule has 0 aliphatic carbocycles. The number of pyridine rings is 1. The molecule has 1 aliphatic rings. The van der Waals surface area contributed by atoms with Gasteiger partial charge in [-0.3, -0.25) is 19.0 Å². The van der Waals surface area contributed by atoms with Gasteiger partial charge in [-0.15, -0.1) is 0 Å². The minimum absolute atomic E-state index is 0.0886. The highest BCUT2D eigenvalue weighted by Crippen LogP contribution is 2.24. The van der Waals surface area contributed by atoms with Gasteiger partial charge in [-0.1, -0.05) is 18.2 Å². The van der Waals surface area contributed by atoms with Crippen LogP contribution in [0.3, 0.4) is 0 Å². The fraction of sp³-hybridized carbons (Fsp3) is 0.200. The van der Waals surface area contributed by atoms with Crippen LogP contribution in [0.25, 0.3) is 22.0 Å². The Morgan fingerprint density at radius 1 is 0.925 bits per heavy atom. The highest BCUT2D eigenvalue weighted by atomic mass is 16.5. The summed E-state index contributed by atoms with van der Waals surface area (Å²) >= 11 is 0. The van der Waals surface area contributed by atoms with E-state index in [1.807, 2.05) is 18.2 Å². The van der Waals surface area contributed by atoms with Crippen LogP contribution >= 0.6 is 0 Å². The molecule has 6 rings (SSSR count). The maximum Gasteiger partial charge on any atom is 0.420 e. The molecule has 3 aromatic carbocycles. The van der Waals surface area contributed by atoms with Crippen molar-refractivity contribution in [2.24, 2.45) is 0 Å². The van der Waals surface area contributed by atoms with Gasteiger partial charge in [-0.2, -0.15) is 0 Å². The molecule has 0 saturated carbocycles. The molecule has 0 unspecified atom stereocenters. The van der Waals surface area contributed by atoms with E-state index in [0.29, 0.717) is 52.3 Å². The van der Waals surface area contributed by atoms with E-state index in [4.69, 9.17) is 9.15 Å². The number of fused-ring (bicyclic) bond motifs is 2. The molecule has 0 radical (unpaired) electrons. The molecule has 10 heteroatoms. The average Bonchev–Trinajstić information content (AvgIpc) is 3.28. The summed E-state index contributed by atoms with van der Waals surface area (Å²) in [5, 5.41) is 3.02. The van der Waals surface area contributed by atoms with Crippen molar-refractivity contribution in [3.63, 3.8) is 0 Å². The van der Waals surface area contributed by atoms with Crippen LogP contribution in [0.15, 0.2) is 86.9 Å². The normalized spacial score (nSPS) is 13.4. The van der Waals surface area contributed by atoms with Crippen LogP contribution < -0.4 is 21.2 Å². The molecule has 5 aromatic rings. The molecule has 1 fully saturated rings. The number of hydrogen-bond donors (Lipinski definition) is 2. The van der Waals surface area contributed by atoms with Crippen LogP contribution in [-0.4, -0.2) is 39.4 Å². The topological polar surface area (TPSA) is 127 Å². The van der Waals surface area contributed by atoms with Crippen LogP contribution in [0.2, 0.25) is 0 Å². The third-order valence-electron chi connectivity index (χ3n) is 7.00. The molecule has 10 nitrogen and oxygen atoms in total. The summed E-state index contributed by atoms with van der Waals surface area (Å²) in [5.41, 5.74) is 1.03. The van der Waals surface area contributed by atoms with Crippen LogP contribution in [0.4, 0.5) is 5.69 Å². The van der Waals surface area contributed by atoms with Gasteiger partial charge in [-0.05, 0) is 67.8 Å². The number of aromatic nitrogens is 2. The summed E-state index contributed by atoms with van der Waals surface area (Å²) in [6.45, 7) is 1.19. The number of amides is 2. The van der Waals surface area contributed by atoms with Crippen molar-refractivity contribution in [3.05, 3.63) is 99.3 Å². The van der Waals surface area contributed by atoms with E-state index in [1.165, 1.54) is 10.8 Å². The molecule has 2 N–H and O–H groups in total. The summed E-state index contributed by atoms with van der Waals surface area (Å²) < 4.78 is 12.4. The Morgan fingerprint density at radius 3 is 2.52 bits per heavy atom. The predicted octanol–water partition coefficient (Wildman–Crippen LogP) is 4.49. The monoisotopic (exact) mass is 538 g/mol. The number of likely N-dealkylation sites (tertiary alicyclic amines) is 1. The highest BCUT2D eigenvalue weighted by Gasteiger charge is 2.21. The number of H-pyrrole nitrogens is 1. The maximum atomic E-state index is 13.3. The molecule has 0 bridgehead atoms. The van der Waals surface area contributed by atoms with E-state index >= 15 is 0 Å². The predicted molar refractivity (Wildman–Crippen MR) is 150 cm³/mol. The van der Waals surface area contributed by atoms with E-state index in [2.05, 4.69) is 10.3 Å². The Bertz CT molecular complexity index is 1850. The first kappa shape index (κ1) is 25.2. The standard InChI is InChI=1S/C30H26N4O6/c35-27(33-13-5-2-6-14-33)18-34-25-15-19(9-12-26(25)40-30(34)38)32-29(37)23-17-31-24-11-10-21(16-22(24)28(23)36)39-20-7-3-1-4-8-20/h1,3-4,7-12,15-17H,2,5-6,13-14,18H2,(H,31,36)(H,32,37). The summed E-state index contributed by atoms with van der Waals surface area (Å²) in [6, 6.07) is 18.9. The van der Waals surface area contributed by atoms with Crippen LogP contribution in [0.5, 0.6) is 11.5 Å². The van der Waals surface area contributed by atoms with E-state index in [-0.39, 0.29) is 18.0 Å². The van der Waals surface area contributed by atoms with Gasteiger partial charge in [0.05, 0.1) is 5.52 Å². The minimum Gasteiger partial charge on any atom is -0.457 e. The summed E-state index contributed by atoms with van der Waals surface area (Å²) in [6.07, 6.45) is 4.34. The minimum atomic E-state index is -0.650. The fourth-order valence-corrected chi connectivity index (χ4v) is 4.92. The SMILES string of the molecule is O=C(Nc1ccc2oc(=O)n(CC(=O)N3CCCCC3)c2c1)c1c[nH]c2ccc(Oc3ccccc3)cc2c1=O. The Labute approximate surface area is 227 Å². The van der Waals surface area contributed by atoms with Gasteiger partial charge in [-0.25, -0.2) is 4.79 Å². The molecule has 2 aromatic heterocycles. The zero-order valence-corrected chi connectivity index (χ0v) is 21.5. The number of anilines is 1. The lowest BCUT2D eigenvalue weighted by molar-refractivity contribution is -0.132. The highest BCUT2D eigenvalue weighted by molar-refractivity contribution is 6.06. The zero-order valence-electron chi connectivity index (χ0n) is 21.5. The second-order valence-corrected chi connectivity index (χ2v) is 9.69. The third kappa shape index (κ3) is 4.98. The number of nitrogens with zero attached hydrogens (tertiary/aromatic N) is 2. The Morgan fingerprint density at radius 2 is 1.73 bits per heavy atom. The van der Waals surface area contributed by atoms with Gasteiger partial charge in [0.1, 0.15) is 23.6 Å². The molecular weight excluding hydrogens is 512 g/mol. The lowest BCUT2D eigenvalue weighted by Gasteiger charge is -2.26. The number of carbonyl (C=O) groups is 2. The lowest BCUT2D eigenvalue weighted by atomic mass is 10.1. The van der Waals surface area contributed by atoms with Gasteiger partial charge in [0, 0.05) is 35.9 Å². The molecule has 3 heterocycles. The lowest BCUT2D eigenvalue weighted by Crippen LogP contribution is -2.39. The number of benzene rings is 3. The third-order valence-corrected chi connectivity index (χ3v) is 7.00. The van der Waals surface area contributed by atoms with E-state index in [1.54, 1.807) is 53.4 Å². The number of hydrogen-bond acceptors (Lipinski definition) is 6. The van der Waals surface area contributed by atoms with Crippen molar-refractivity contribution in [1.29, 1.82) is 0 Å². The maximum absolute atomic E-state index is 13.3. The first-order valence-corrected chi connectivity index (χ1v) is 13.1. The molecule has 202 valence electrons. The van der Waals surface area contributed by atoms with Crippen molar-refractivity contribution >= 4 is 39.5 Å². The first-order valence-electron chi connectivity index (χ1n) is 13.1. The van der Waals surface area contributed by atoms with E-state index < -0.39 is 17.1 Å². The van der Waals surface area contributed by atoms with Crippen LogP contribution in [-0.2, 0) is 11.3 Å². The summed E-state index contributed by atoms with van der Waals surface area (Å²) in [4.78, 5) is 56.5. The molecule has 0 spiro atoms. The van der Waals surface area contributed by atoms with Gasteiger partial charge >= 0.3 is 5.76 Å². The van der Waals surface area contributed by atoms with Crippen LogP contribution in [0, 0.1) is 0 Å². The average molecular weight is 539 g/mol. The van der Waals surface area contributed by atoms with Gasteiger partial charge in [0.15, 0.2) is 5.58 Å².